The number of pyridine rings is 1. The molecule has 11 heteroatoms. The van der Waals surface area contributed by atoms with Gasteiger partial charge in [0.25, 0.3) is 0 Å². The molecule has 0 bridgehead atoms. The molecule has 10 nitrogen and oxygen atoms in total. The SMILES string of the molecule is CC.CC(=O)C(=N)c1cc(-c2cnc(C)nc2)cc(C)c1NCC(=O)N1CC(C)CC1C=O.CNc1nc(Br)ccc1C. The summed E-state index contributed by atoms with van der Waals surface area (Å²) in [5.41, 5.74) is 4.32. The third-order valence-corrected chi connectivity index (χ3v) is 7.26. The first-order valence-electron chi connectivity index (χ1n) is 14.3. The molecule has 1 fully saturated rings. The first kappa shape index (κ1) is 35.2. The van der Waals surface area contributed by atoms with Crippen molar-refractivity contribution in [1.82, 2.24) is 19.9 Å². The van der Waals surface area contributed by atoms with E-state index in [0.717, 1.165) is 39.0 Å². The Balaban J connectivity index is 0.000000451. The molecule has 43 heavy (non-hydrogen) atoms. The van der Waals surface area contributed by atoms with Crippen LogP contribution < -0.4 is 10.6 Å². The van der Waals surface area contributed by atoms with E-state index in [-0.39, 0.29) is 29.9 Å². The largest absolute Gasteiger partial charge is 0.375 e. The molecule has 0 saturated carbocycles. The van der Waals surface area contributed by atoms with Crippen LogP contribution in [0.15, 0.2) is 41.3 Å². The van der Waals surface area contributed by atoms with Gasteiger partial charge in [-0.05, 0) is 83.9 Å². The van der Waals surface area contributed by atoms with Crippen LogP contribution in [0.5, 0.6) is 0 Å². The quantitative estimate of drug-likeness (QED) is 0.158. The minimum Gasteiger partial charge on any atom is -0.375 e. The van der Waals surface area contributed by atoms with Gasteiger partial charge in [-0.3, -0.25) is 15.0 Å². The molecule has 3 N–H and O–H groups in total. The Morgan fingerprint density at radius 2 is 1.74 bits per heavy atom. The molecule has 3 heterocycles. The van der Waals surface area contributed by atoms with Crippen LogP contribution in [0.3, 0.4) is 0 Å². The number of aromatic nitrogens is 3. The van der Waals surface area contributed by atoms with Crippen LogP contribution in [0.1, 0.15) is 56.6 Å². The lowest BCUT2D eigenvalue weighted by atomic mass is 9.95. The molecule has 1 aliphatic heterocycles. The Morgan fingerprint density at radius 1 is 1.09 bits per heavy atom. The first-order valence-corrected chi connectivity index (χ1v) is 15.1. The Labute approximate surface area is 262 Å². The number of hydrogen-bond donors (Lipinski definition) is 3. The molecule has 0 radical (unpaired) electrons. The van der Waals surface area contributed by atoms with Gasteiger partial charge in [-0.2, -0.15) is 0 Å². The minimum absolute atomic E-state index is 0.0247. The van der Waals surface area contributed by atoms with E-state index >= 15 is 0 Å². The lowest BCUT2D eigenvalue weighted by molar-refractivity contribution is -0.132. The van der Waals surface area contributed by atoms with Crippen LogP contribution in [-0.2, 0) is 14.4 Å². The number of ketones is 1. The van der Waals surface area contributed by atoms with Crippen LogP contribution in [0.2, 0.25) is 0 Å². The van der Waals surface area contributed by atoms with Crippen LogP contribution in [0, 0.1) is 32.1 Å². The normalized spacial score (nSPS) is 15.3. The highest BCUT2D eigenvalue weighted by atomic mass is 79.9. The molecule has 1 aliphatic rings. The van der Waals surface area contributed by atoms with E-state index in [0.29, 0.717) is 30.0 Å². The van der Waals surface area contributed by atoms with Gasteiger partial charge >= 0.3 is 0 Å². The van der Waals surface area contributed by atoms with Crippen molar-refractivity contribution in [3.63, 3.8) is 0 Å². The molecule has 0 aliphatic carbocycles. The van der Waals surface area contributed by atoms with E-state index in [4.69, 9.17) is 5.41 Å². The van der Waals surface area contributed by atoms with E-state index in [1.165, 1.54) is 6.92 Å². The van der Waals surface area contributed by atoms with Crippen molar-refractivity contribution in [2.45, 2.75) is 60.9 Å². The van der Waals surface area contributed by atoms with Crippen molar-refractivity contribution in [3.05, 3.63) is 63.8 Å². The molecule has 1 saturated heterocycles. The van der Waals surface area contributed by atoms with E-state index in [9.17, 15) is 14.4 Å². The predicted molar refractivity (Wildman–Crippen MR) is 176 cm³/mol. The lowest BCUT2D eigenvalue weighted by Crippen LogP contribution is -2.40. The third kappa shape index (κ3) is 9.51. The van der Waals surface area contributed by atoms with Crippen LogP contribution >= 0.6 is 15.9 Å². The number of aldehydes is 1. The Kier molecular flexibility index (Phi) is 13.6. The average Bonchev–Trinajstić information content (AvgIpc) is 3.39. The number of anilines is 2. The van der Waals surface area contributed by atoms with E-state index in [2.05, 4.69) is 41.5 Å². The number of nitrogens with one attached hydrogen (secondary N) is 3. The second kappa shape index (κ2) is 16.6. The number of likely N-dealkylation sites (tertiary alicyclic amines) is 1. The fourth-order valence-electron chi connectivity index (χ4n) is 4.64. The zero-order valence-electron chi connectivity index (χ0n) is 26.2. The highest BCUT2D eigenvalue weighted by Crippen LogP contribution is 2.30. The number of nitrogens with zero attached hydrogens (tertiary/aromatic N) is 4. The van der Waals surface area contributed by atoms with Crippen LogP contribution in [-0.4, -0.2) is 69.7 Å². The molecule has 1 aromatic carbocycles. The second-order valence-corrected chi connectivity index (χ2v) is 11.0. The minimum atomic E-state index is -0.399. The monoisotopic (exact) mass is 651 g/mol. The van der Waals surface area contributed by atoms with Gasteiger partial charge in [0.1, 0.15) is 28.2 Å². The van der Waals surface area contributed by atoms with Gasteiger partial charge < -0.3 is 20.3 Å². The van der Waals surface area contributed by atoms with Gasteiger partial charge in [0.15, 0.2) is 5.78 Å². The number of carbonyl (C=O) groups excluding carboxylic acids is 3. The molecule has 230 valence electrons. The highest BCUT2D eigenvalue weighted by molar-refractivity contribution is 9.10. The number of amides is 1. The molecule has 2 unspecified atom stereocenters. The average molecular weight is 653 g/mol. The summed E-state index contributed by atoms with van der Waals surface area (Å²) >= 11 is 3.29. The highest BCUT2D eigenvalue weighted by Gasteiger charge is 2.32. The number of halogens is 1. The summed E-state index contributed by atoms with van der Waals surface area (Å²) in [6, 6.07) is 7.19. The number of aryl methyl sites for hydroxylation is 3. The van der Waals surface area contributed by atoms with Gasteiger partial charge in [0, 0.05) is 49.7 Å². The maximum atomic E-state index is 12.7. The van der Waals surface area contributed by atoms with Gasteiger partial charge in [0.2, 0.25) is 5.91 Å². The molecule has 3 aromatic rings. The number of carbonyl (C=O) groups is 3. The maximum absolute atomic E-state index is 12.7. The van der Waals surface area contributed by atoms with E-state index in [1.807, 2.05) is 59.9 Å². The van der Waals surface area contributed by atoms with Gasteiger partial charge in [-0.25, -0.2) is 15.0 Å². The number of hydrogen-bond acceptors (Lipinski definition) is 9. The summed E-state index contributed by atoms with van der Waals surface area (Å²) in [7, 11) is 1.86. The topological polar surface area (TPSA) is 141 Å². The lowest BCUT2D eigenvalue weighted by Gasteiger charge is -2.22. The van der Waals surface area contributed by atoms with Crippen molar-refractivity contribution in [2.24, 2.45) is 5.92 Å². The Bertz CT molecular complexity index is 1440. The smallest absolute Gasteiger partial charge is 0.242 e. The molecule has 4 rings (SSSR count). The summed E-state index contributed by atoms with van der Waals surface area (Å²) in [6.07, 6.45) is 4.88. The summed E-state index contributed by atoms with van der Waals surface area (Å²) < 4.78 is 0.863. The van der Waals surface area contributed by atoms with Crippen molar-refractivity contribution in [3.8, 4) is 11.1 Å². The Hall–Kier alpha value is -3.99. The van der Waals surface area contributed by atoms with Gasteiger partial charge in [-0.1, -0.05) is 26.8 Å². The van der Waals surface area contributed by atoms with Crippen molar-refractivity contribution < 1.29 is 14.4 Å². The second-order valence-electron chi connectivity index (χ2n) is 10.2. The van der Waals surface area contributed by atoms with Crippen molar-refractivity contribution in [1.29, 1.82) is 5.41 Å². The van der Waals surface area contributed by atoms with Crippen LogP contribution in [0.4, 0.5) is 11.5 Å². The standard InChI is InChI=1S/C23H27N5O3.C7H9BrN2.C2H6/c1-13-5-19(12-29)28(11-13)21(31)10-27-23-14(2)6-17(7-20(23)22(24)15(3)30)18-8-25-16(4)26-9-18;1-5-3-4-6(8)10-7(5)9-2;1-2/h6-9,12-13,19,24,27H,5,10-11H2,1-4H3;3-4H,1-2H3,(H,9,10);1-2H3. The van der Waals surface area contributed by atoms with E-state index < -0.39 is 6.04 Å². The molecular formula is C32H42BrN7O3. The number of rotatable bonds is 8. The molecule has 1 amide bonds. The number of benzene rings is 1. The third-order valence-electron chi connectivity index (χ3n) is 6.82. The number of Topliss-reactive ketones (excluding diaryl/α,β-unsaturated/α-hetero) is 1. The van der Waals surface area contributed by atoms with Gasteiger partial charge in [-0.15, -0.1) is 0 Å². The summed E-state index contributed by atoms with van der Waals surface area (Å²) in [5, 5.41) is 14.4. The zero-order chi connectivity index (χ0) is 32.3. The molecule has 0 spiro atoms. The fraction of sp³-hybridized carbons (Fsp3) is 0.406. The predicted octanol–water partition coefficient (Wildman–Crippen LogP) is 5.79. The van der Waals surface area contributed by atoms with Crippen molar-refractivity contribution >= 4 is 51.1 Å². The zero-order valence-corrected chi connectivity index (χ0v) is 27.8. The maximum Gasteiger partial charge on any atom is 0.242 e. The summed E-state index contributed by atoms with van der Waals surface area (Å²) in [4.78, 5) is 50.3. The van der Waals surface area contributed by atoms with Crippen LogP contribution in [0.25, 0.3) is 11.1 Å². The molecule has 2 aromatic heterocycles. The first-order chi connectivity index (χ1) is 20.4. The van der Waals surface area contributed by atoms with Gasteiger partial charge in [0.05, 0.1) is 12.6 Å². The summed E-state index contributed by atoms with van der Waals surface area (Å²) in [5.74, 6) is 1.30. The molecule has 2 atom stereocenters. The van der Waals surface area contributed by atoms with E-state index in [1.54, 1.807) is 30.3 Å². The molecular weight excluding hydrogens is 610 g/mol. The van der Waals surface area contributed by atoms with Crippen molar-refractivity contribution in [2.75, 3.05) is 30.8 Å². The summed E-state index contributed by atoms with van der Waals surface area (Å²) in [6.45, 7) is 13.6. The Morgan fingerprint density at radius 3 is 2.30 bits per heavy atom. The fourth-order valence-corrected chi connectivity index (χ4v) is 4.95.